The summed E-state index contributed by atoms with van der Waals surface area (Å²) in [6, 6.07) is 6.05. The van der Waals surface area contributed by atoms with Crippen LogP contribution in [0.15, 0.2) is 18.2 Å². The van der Waals surface area contributed by atoms with Crippen LogP contribution in [0, 0.1) is 6.92 Å². The minimum Gasteiger partial charge on any atom is -0.496 e. The summed E-state index contributed by atoms with van der Waals surface area (Å²) in [4.78, 5) is 16.3. The fourth-order valence-corrected chi connectivity index (χ4v) is 2.74. The molecule has 0 bridgehead atoms. The lowest BCUT2D eigenvalue weighted by Gasteiger charge is -2.11. The maximum absolute atomic E-state index is 11.2. The first kappa shape index (κ1) is 13.7. The molecule has 1 aromatic carbocycles. The number of hydrogen-bond acceptors (Lipinski definition) is 4. The molecule has 0 amide bonds. The molecule has 0 unspecified atom stereocenters. The Morgan fingerprint density at radius 3 is 2.68 bits per heavy atom. The second-order valence-corrected chi connectivity index (χ2v) is 5.91. The highest BCUT2D eigenvalue weighted by atomic mass is 32.1. The Hall–Kier alpha value is -1.68. The van der Waals surface area contributed by atoms with Crippen molar-refractivity contribution in [3.05, 3.63) is 33.6 Å². The smallest absolute Gasteiger partial charge is 0.162 e. The van der Waals surface area contributed by atoms with Crippen LogP contribution in [-0.2, 0) is 0 Å². The van der Waals surface area contributed by atoms with Crippen LogP contribution in [0.25, 0.3) is 11.3 Å². The largest absolute Gasteiger partial charge is 0.496 e. The fraction of sp³-hybridized carbons (Fsp3) is 0.333. The van der Waals surface area contributed by atoms with E-state index in [1.807, 2.05) is 19.1 Å². The number of methoxy groups -OCH3 is 1. The standard InChI is InChI=1S/C15H17NO2S/c1-9(2)11-5-6-13(18-4)12(7-11)15-14(8-17)19-10(3)16-15/h5-9H,1-4H3. The number of aryl methyl sites for hydroxylation is 1. The predicted molar refractivity (Wildman–Crippen MR) is 78.3 cm³/mol. The van der Waals surface area contributed by atoms with Gasteiger partial charge < -0.3 is 4.74 Å². The lowest BCUT2D eigenvalue weighted by Crippen LogP contribution is -1.94. The van der Waals surface area contributed by atoms with Gasteiger partial charge in [-0.05, 0) is 30.5 Å². The van der Waals surface area contributed by atoms with Crippen LogP contribution < -0.4 is 4.74 Å². The van der Waals surface area contributed by atoms with Gasteiger partial charge in [0.1, 0.15) is 5.75 Å². The van der Waals surface area contributed by atoms with Gasteiger partial charge in [-0.15, -0.1) is 11.3 Å². The van der Waals surface area contributed by atoms with Crippen LogP contribution in [0.1, 0.15) is 40.0 Å². The zero-order valence-electron chi connectivity index (χ0n) is 11.6. The molecule has 3 nitrogen and oxygen atoms in total. The molecule has 0 saturated carbocycles. The van der Waals surface area contributed by atoms with Gasteiger partial charge in [-0.2, -0.15) is 0 Å². The molecular formula is C15H17NO2S. The first-order valence-corrected chi connectivity index (χ1v) is 6.99. The summed E-state index contributed by atoms with van der Waals surface area (Å²) in [5, 5.41) is 0.883. The lowest BCUT2D eigenvalue weighted by molar-refractivity contribution is 0.112. The van der Waals surface area contributed by atoms with E-state index in [1.54, 1.807) is 7.11 Å². The quantitative estimate of drug-likeness (QED) is 0.790. The maximum Gasteiger partial charge on any atom is 0.162 e. The van der Waals surface area contributed by atoms with E-state index < -0.39 is 0 Å². The van der Waals surface area contributed by atoms with Crippen LogP contribution in [0.2, 0.25) is 0 Å². The van der Waals surface area contributed by atoms with Crippen LogP contribution in [-0.4, -0.2) is 18.4 Å². The van der Waals surface area contributed by atoms with Gasteiger partial charge in [0.25, 0.3) is 0 Å². The van der Waals surface area contributed by atoms with Gasteiger partial charge in [0, 0.05) is 5.56 Å². The third-order valence-electron chi connectivity index (χ3n) is 3.01. The van der Waals surface area contributed by atoms with E-state index in [9.17, 15) is 4.79 Å². The molecule has 4 heteroatoms. The number of rotatable bonds is 4. The Morgan fingerprint density at radius 1 is 1.37 bits per heavy atom. The van der Waals surface area contributed by atoms with Gasteiger partial charge in [-0.3, -0.25) is 4.79 Å². The second-order valence-electron chi connectivity index (χ2n) is 4.68. The topological polar surface area (TPSA) is 39.2 Å². The van der Waals surface area contributed by atoms with E-state index in [-0.39, 0.29) is 0 Å². The minimum absolute atomic E-state index is 0.420. The maximum atomic E-state index is 11.2. The third kappa shape index (κ3) is 2.68. The molecule has 0 N–H and O–H groups in total. The Bertz CT molecular complexity index is 602. The van der Waals surface area contributed by atoms with Crippen LogP contribution in [0.3, 0.4) is 0 Å². The summed E-state index contributed by atoms with van der Waals surface area (Å²) in [6.07, 6.45) is 0.863. The van der Waals surface area contributed by atoms with Gasteiger partial charge in [0.05, 0.1) is 22.7 Å². The molecule has 0 fully saturated rings. The fourth-order valence-electron chi connectivity index (χ4n) is 1.99. The average molecular weight is 275 g/mol. The number of carbonyl (C=O) groups is 1. The first-order valence-electron chi connectivity index (χ1n) is 6.17. The molecule has 19 heavy (non-hydrogen) atoms. The molecule has 0 aliphatic carbocycles. The van der Waals surface area contributed by atoms with Crippen molar-refractivity contribution in [2.45, 2.75) is 26.7 Å². The second kappa shape index (κ2) is 5.53. The predicted octanol–water partition coefficient (Wildman–Crippen LogP) is 4.06. The summed E-state index contributed by atoms with van der Waals surface area (Å²) in [7, 11) is 1.63. The highest BCUT2D eigenvalue weighted by Crippen LogP contribution is 2.35. The summed E-state index contributed by atoms with van der Waals surface area (Å²) in [5.74, 6) is 1.17. The molecule has 2 aromatic rings. The zero-order valence-corrected chi connectivity index (χ0v) is 12.4. The van der Waals surface area contributed by atoms with Crippen molar-refractivity contribution in [2.75, 3.05) is 7.11 Å². The van der Waals surface area contributed by atoms with Crippen molar-refractivity contribution >= 4 is 17.6 Å². The zero-order chi connectivity index (χ0) is 14.0. The van der Waals surface area contributed by atoms with E-state index in [0.717, 1.165) is 28.3 Å². The summed E-state index contributed by atoms with van der Waals surface area (Å²) >= 11 is 1.41. The van der Waals surface area contributed by atoms with E-state index in [1.165, 1.54) is 16.9 Å². The highest BCUT2D eigenvalue weighted by molar-refractivity contribution is 7.13. The molecule has 0 aliphatic rings. The van der Waals surface area contributed by atoms with E-state index >= 15 is 0 Å². The molecule has 0 spiro atoms. The molecule has 100 valence electrons. The van der Waals surface area contributed by atoms with Crippen molar-refractivity contribution in [1.82, 2.24) is 4.98 Å². The highest BCUT2D eigenvalue weighted by Gasteiger charge is 2.16. The molecule has 1 heterocycles. The van der Waals surface area contributed by atoms with Crippen molar-refractivity contribution in [1.29, 1.82) is 0 Å². The van der Waals surface area contributed by atoms with Gasteiger partial charge in [0.2, 0.25) is 0 Å². The van der Waals surface area contributed by atoms with Crippen molar-refractivity contribution < 1.29 is 9.53 Å². The van der Waals surface area contributed by atoms with Gasteiger partial charge in [-0.25, -0.2) is 4.98 Å². The monoisotopic (exact) mass is 275 g/mol. The Kier molecular flexibility index (Phi) is 4.00. The SMILES string of the molecule is COc1ccc(C(C)C)cc1-c1nc(C)sc1C=O. The van der Waals surface area contributed by atoms with Gasteiger partial charge >= 0.3 is 0 Å². The van der Waals surface area contributed by atoms with Gasteiger partial charge in [0.15, 0.2) is 6.29 Å². The van der Waals surface area contributed by atoms with E-state index in [2.05, 4.69) is 24.9 Å². The van der Waals surface area contributed by atoms with E-state index in [4.69, 9.17) is 4.74 Å². The van der Waals surface area contributed by atoms with Crippen LogP contribution in [0.5, 0.6) is 5.75 Å². The first-order chi connectivity index (χ1) is 9.06. The number of benzene rings is 1. The molecule has 0 radical (unpaired) electrons. The Balaban J connectivity index is 2.64. The summed E-state index contributed by atoms with van der Waals surface area (Å²) in [5.41, 5.74) is 2.82. The van der Waals surface area contributed by atoms with Crippen LogP contribution in [0.4, 0.5) is 0 Å². The number of ether oxygens (including phenoxy) is 1. The Morgan fingerprint density at radius 2 is 2.11 bits per heavy atom. The number of carbonyl (C=O) groups excluding carboxylic acids is 1. The number of aldehydes is 1. The Labute approximate surface area is 117 Å². The molecule has 1 aromatic heterocycles. The minimum atomic E-state index is 0.420. The number of nitrogens with zero attached hydrogens (tertiary/aromatic N) is 1. The number of thiazole rings is 1. The van der Waals surface area contributed by atoms with Crippen LogP contribution >= 0.6 is 11.3 Å². The molecule has 2 rings (SSSR count). The number of hydrogen-bond donors (Lipinski definition) is 0. The van der Waals surface area contributed by atoms with Gasteiger partial charge in [-0.1, -0.05) is 19.9 Å². The third-order valence-corrected chi connectivity index (χ3v) is 3.91. The average Bonchev–Trinajstić information content (AvgIpc) is 2.78. The molecule has 0 saturated heterocycles. The molecule has 0 atom stereocenters. The normalized spacial score (nSPS) is 10.8. The van der Waals surface area contributed by atoms with Crippen molar-refractivity contribution in [3.63, 3.8) is 0 Å². The molecule has 0 aliphatic heterocycles. The van der Waals surface area contributed by atoms with E-state index in [0.29, 0.717) is 10.8 Å². The molecular weight excluding hydrogens is 258 g/mol. The lowest BCUT2D eigenvalue weighted by atomic mass is 9.98. The van der Waals surface area contributed by atoms with Crippen molar-refractivity contribution in [3.8, 4) is 17.0 Å². The summed E-state index contributed by atoms with van der Waals surface area (Å²) in [6.45, 7) is 6.18. The van der Waals surface area contributed by atoms with Crippen molar-refractivity contribution in [2.24, 2.45) is 0 Å². The summed E-state index contributed by atoms with van der Waals surface area (Å²) < 4.78 is 5.39. The number of aromatic nitrogens is 1.